The molecule has 8 rings (SSSR count). The van der Waals surface area contributed by atoms with Gasteiger partial charge in [0, 0.05) is 72.7 Å². The van der Waals surface area contributed by atoms with Gasteiger partial charge in [0.15, 0.2) is 11.6 Å². The normalized spacial score (nSPS) is 21.9. The van der Waals surface area contributed by atoms with E-state index in [4.69, 9.17) is 14.7 Å². The minimum absolute atomic E-state index is 0.542. The van der Waals surface area contributed by atoms with Crippen LogP contribution in [-0.4, -0.2) is 74.0 Å². The number of hydrogen-bond acceptors (Lipinski definition) is 8. The molecule has 200 valence electrons. The summed E-state index contributed by atoms with van der Waals surface area (Å²) in [6, 6.07) is 11.3. The summed E-state index contributed by atoms with van der Waals surface area (Å²) in [5, 5.41) is 9.94. The molecule has 7 heterocycles. The number of aryl methyl sites for hydroxylation is 2. The Hall–Kier alpha value is -3.34. The lowest BCUT2D eigenvalue weighted by Gasteiger charge is -2.42. The van der Waals surface area contributed by atoms with Crippen molar-refractivity contribution in [1.29, 1.82) is 0 Å². The minimum Gasteiger partial charge on any atom is -0.378 e. The van der Waals surface area contributed by atoms with Gasteiger partial charge in [-0.2, -0.15) is 0 Å². The van der Waals surface area contributed by atoms with E-state index in [0.717, 1.165) is 98.2 Å². The molecule has 0 bridgehead atoms. The maximum absolute atomic E-state index is 5.67. The first-order chi connectivity index (χ1) is 19.2. The molecule has 2 saturated heterocycles. The Balaban J connectivity index is 1.12. The van der Waals surface area contributed by atoms with Gasteiger partial charge >= 0.3 is 0 Å². The van der Waals surface area contributed by atoms with Crippen LogP contribution in [0.4, 0.5) is 5.82 Å². The first-order valence-electron chi connectivity index (χ1n) is 14.0. The zero-order chi connectivity index (χ0) is 25.9. The number of rotatable bonds is 4. The highest BCUT2D eigenvalue weighted by Crippen LogP contribution is 2.39. The van der Waals surface area contributed by atoms with Gasteiger partial charge < -0.3 is 19.2 Å². The molecule has 0 unspecified atom stereocenters. The molecule has 1 aromatic carbocycles. The van der Waals surface area contributed by atoms with Crippen LogP contribution in [0.15, 0.2) is 36.5 Å². The largest absolute Gasteiger partial charge is 0.378 e. The average molecular weight is 541 g/mol. The van der Waals surface area contributed by atoms with Crippen LogP contribution in [0.3, 0.4) is 0 Å². The molecule has 3 aliphatic heterocycles. The summed E-state index contributed by atoms with van der Waals surface area (Å²) in [6.45, 7) is 8.45. The number of nitrogens with one attached hydrogen (secondary N) is 1. The Morgan fingerprint density at radius 3 is 2.92 bits per heavy atom. The highest BCUT2D eigenvalue weighted by Gasteiger charge is 2.36. The number of ether oxygens (including phenoxy) is 1. The molecule has 0 saturated carbocycles. The number of likely N-dealkylation sites (tertiary alicyclic amines) is 1. The molecule has 1 N–H and O–H groups in total. The minimum atomic E-state index is 0.542. The molecule has 5 aromatic rings. The Morgan fingerprint density at radius 2 is 2.00 bits per heavy atom. The maximum Gasteiger partial charge on any atom is 0.162 e. The predicted molar refractivity (Wildman–Crippen MR) is 153 cm³/mol. The van der Waals surface area contributed by atoms with Gasteiger partial charge in [0.05, 0.1) is 23.4 Å². The zero-order valence-electron chi connectivity index (χ0n) is 22.1. The van der Waals surface area contributed by atoms with Crippen molar-refractivity contribution in [1.82, 2.24) is 34.6 Å². The first-order valence-corrected chi connectivity index (χ1v) is 14.9. The summed E-state index contributed by atoms with van der Waals surface area (Å²) in [5.74, 6) is 4.74. The molecule has 2 fully saturated rings. The lowest BCUT2D eigenvalue weighted by molar-refractivity contribution is 0.0979. The second-order valence-corrected chi connectivity index (χ2v) is 12.2. The lowest BCUT2D eigenvalue weighted by Crippen LogP contribution is -2.43. The summed E-state index contributed by atoms with van der Waals surface area (Å²) in [4.78, 5) is 20.0. The standard InChI is InChI=1S/C29H32N8OS/c1-18-33-34-26-6-5-19-16-35(10-8-25(19)37(18)26)17-20-15-24-27(39-20)29(36-11-13-38-14-12-36)32-28(31-24)22-3-2-4-23-21(22)7-9-30-23/h2-4,7,9,15,19,25,30H,5-6,8,10-14,16-17H2,1H3/t19-,25+/m1/s1. The van der Waals surface area contributed by atoms with Crippen molar-refractivity contribution in [2.24, 2.45) is 5.92 Å². The van der Waals surface area contributed by atoms with E-state index >= 15 is 0 Å². The van der Waals surface area contributed by atoms with Gasteiger partial charge in [-0.15, -0.1) is 21.5 Å². The fourth-order valence-corrected chi connectivity index (χ4v) is 8.00. The molecule has 4 aromatic heterocycles. The molecular formula is C29H32N8OS. The van der Waals surface area contributed by atoms with Crippen molar-refractivity contribution in [2.75, 3.05) is 44.3 Å². The van der Waals surface area contributed by atoms with E-state index in [1.54, 1.807) is 0 Å². The van der Waals surface area contributed by atoms with Crippen molar-refractivity contribution in [3.05, 3.63) is 53.1 Å². The van der Waals surface area contributed by atoms with E-state index in [1.165, 1.54) is 21.8 Å². The molecule has 0 amide bonds. The van der Waals surface area contributed by atoms with Crippen LogP contribution in [0.1, 0.15) is 35.4 Å². The second-order valence-electron chi connectivity index (χ2n) is 11.1. The number of piperidine rings is 1. The number of thiophene rings is 1. The lowest BCUT2D eigenvalue weighted by atomic mass is 9.85. The summed E-state index contributed by atoms with van der Waals surface area (Å²) in [6.07, 6.45) is 5.38. The molecule has 9 nitrogen and oxygen atoms in total. The van der Waals surface area contributed by atoms with Gasteiger partial charge in [0.25, 0.3) is 0 Å². The van der Waals surface area contributed by atoms with E-state index in [-0.39, 0.29) is 0 Å². The van der Waals surface area contributed by atoms with Gasteiger partial charge in [-0.05, 0) is 43.9 Å². The highest BCUT2D eigenvalue weighted by atomic mass is 32.1. The summed E-state index contributed by atoms with van der Waals surface area (Å²) in [7, 11) is 0. The van der Waals surface area contributed by atoms with Crippen LogP contribution in [0.5, 0.6) is 0 Å². The number of morpholine rings is 1. The second kappa shape index (κ2) is 9.39. The third-order valence-corrected chi connectivity index (χ3v) is 9.82. The van der Waals surface area contributed by atoms with Gasteiger partial charge in [-0.1, -0.05) is 12.1 Å². The Labute approximate surface area is 230 Å². The third-order valence-electron chi connectivity index (χ3n) is 8.72. The van der Waals surface area contributed by atoms with E-state index in [9.17, 15) is 0 Å². The van der Waals surface area contributed by atoms with Crippen LogP contribution in [0.25, 0.3) is 32.5 Å². The molecule has 0 aliphatic carbocycles. The molecule has 0 radical (unpaired) electrons. The fourth-order valence-electron chi connectivity index (χ4n) is 6.84. The third kappa shape index (κ3) is 4.04. The van der Waals surface area contributed by atoms with Crippen LogP contribution in [0, 0.1) is 12.8 Å². The summed E-state index contributed by atoms with van der Waals surface area (Å²) in [5.41, 5.74) is 3.22. The predicted octanol–water partition coefficient (Wildman–Crippen LogP) is 4.59. The first kappa shape index (κ1) is 23.5. The van der Waals surface area contributed by atoms with E-state index in [2.05, 4.69) is 66.8 Å². The molecule has 10 heteroatoms. The number of nitrogens with zero attached hydrogens (tertiary/aromatic N) is 7. The van der Waals surface area contributed by atoms with Gasteiger partial charge in [-0.3, -0.25) is 4.90 Å². The van der Waals surface area contributed by atoms with Crippen LogP contribution in [0.2, 0.25) is 0 Å². The number of H-pyrrole nitrogens is 1. The van der Waals surface area contributed by atoms with E-state index in [1.807, 2.05) is 17.5 Å². The zero-order valence-corrected chi connectivity index (χ0v) is 23.0. The number of anilines is 1. The Morgan fingerprint density at radius 1 is 1.08 bits per heavy atom. The van der Waals surface area contributed by atoms with Gasteiger partial charge in [0.1, 0.15) is 11.6 Å². The Kier molecular flexibility index (Phi) is 5.67. The van der Waals surface area contributed by atoms with Gasteiger partial charge in [0.2, 0.25) is 0 Å². The molecule has 0 spiro atoms. The van der Waals surface area contributed by atoms with Crippen LogP contribution < -0.4 is 4.90 Å². The smallest absolute Gasteiger partial charge is 0.162 e. The molecule has 3 aliphatic rings. The average Bonchev–Trinajstić information content (AvgIpc) is 3.71. The van der Waals surface area contributed by atoms with E-state index in [0.29, 0.717) is 12.0 Å². The fraction of sp³-hybridized carbons (Fsp3) is 0.448. The maximum atomic E-state index is 5.67. The number of benzene rings is 1. The number of aromatic amines is 1. The quantitative estimate of drug-likeness (QED) is 0.357. The monoisotopic (exact) mass is 540 g/mol. The molecule has 2 atom stereocenters. The summed E-state index contributed by atoms with van der Waals surface area (Å²) >= 11 is 1.86. The van der Waals surface area contributed by atoms with Crippen molar-refractivity contribution >= 4 is 38.3 Å². The summed E-state index contributed by atoms with van der Waals surface area (Å²) < 4.78 is 9.27. The van der Waals surface area contributed by atoms with Crippen molar-refractivity contribution in [3.63, 3.8) is 0 Å². The highest BCUT2D eigenvalue weighted by molar-refractivity contribution is 7.19. The number of hydrogen-bond donors (Lipinski definition) is 1. The topological polar surface area (TPSA) is 88.0 Å². The van der Waals surface area contributed by atoms with Gasteiger partial charge in [-0.25, -0.2) is 9.97 Å². The number of aromatic nitrogens is 6. The van der Waals surface area contributed by atoms with Crippen LogP contribution in [-0.2, 0) is 17.7 Å². The SMILES string of the molecule is Cc1nnc2n1[C@H]1CCN(Cc3cc4nc(-c5cccc6[nH]ccc56)nc(N5CCOCC5)c4s3)C[C@H]1CC2. The van der Waals surface area contributed by atoms with E-state index < -0.39 is 0 Å². The Bertz CT molecular complexity index is 1660. The van der Waals surface area contributed by atoms with Crippen LogP contribution >= 0.6 is 11.3 Å². The number of fused-ring (bicyclic) bond motifs is 5. The molecular weight excluding hydrogens is 508 g/mol. The van der Waals surface area contributed by atoms with Crippen molar-refractivity contribution in [3.8, 4) is 11.4 Å². The molecule has 39 heavy (non-hydrogen) atoms. The van der Waals surface area contributed by atoms with Crippen molar-refractivity contribution < 1.29 is 4.74 Å². The van der Waals surface area contributed by atoms with Crippen molar-refractivity contribution in [2.45, 2.75) is 38.8 Å².